The molecule has 0 saturated heterocycles. The summed E-state index contributed by atoms with van der Waals surface area (Å²) in [6, 6.07) is 0. The van der Waals surface area contributed by atoms with Gasteiger partial charge in [0.1, 0.15) is 0 Å². The summed E-state index contributed by atoms with van der Waals surface area (Å²) < 4.78 is 0. The molecule has 0 aromatic carbocycles. The van der Waals surface area contributed by atoms with Crippen molar-refractivity contribution in [1.29, 1.82) is 0 Å². The summed E-state index contributed by atoms with van der Waals surface area (Å²) >= 11 is 0. The molecule has 0 aliphatic heterocycles. The monoisotopic (exact) mass is 172 g/mol. The van der Waals surface area contributed by atoms with Crippen LogP contribution in [0.2, 0.25) is 0 Å². The third-order valence-electron chi connectivity index (χ3n) is 1.27. The molecule has 0 saturated carbocycles. The first-order valence-electron chi connectivity index (χ1n) is 3.63. The van der Waals surface area contributed by atoms with Crippen molar-refractivity contribution in [3.63, 3.8) is 0 Å². The number of carbonyl (C=O) groups excluding carboxylic acids is 2. The molecule has 68 valence electrons. The van der Waals surface area contributed by atoms with E-state index >= 15 is 0 Å². The van der Waals surface area contributed by atoms with Crippen LogP contribution in [-0.2, 0) is 19.4 Å². The van der Waals surface area contributed by atoms with Crippen molar-refractivity contribution in [2.24, 2.45) is 5.92 Å². The molecule has 4 heteroatoms. The number of carbonyl (C=O) groups is 2. The van der Waals surface area contributed by atoms with Gasteiger partial charge in [-0.15, -0.1) is 6.58 Å². The number of hydrogen-bond acceptors (Lipinski definition) is 4. The molecular weight excluding hydrogens is 160 g/mol. The van der Waals surface area contributed by atoms with Crippen molar-refractivity contribution in [3.05, 3.63) is 12.7 Å². The largest absolute Gasteiger partial charge is 0.362 e. The first-order valence-corrected chi connectivity index (χ1v) is 3.63. The van der Waals surface area contributed by atoms with Crippen LogP contribution in [0.15, 0.2) is 12.7 Å². The normalized spacial score (nSPS) is 11.5. The van der Waals surface area contributed by atoms with Gasteiger partial charge in [-0.05, 0) is 6.42 Å². The molecule has 0 heterocycles. The van der Waals surface area contributed by atoms with Gasteiger partial charge in [-0.25, -0.2) is 19.4 Å². The van der Waals surface area contributed by atoms with Crippen LogP contribution in [0.5, 0.6) is 0 Å². The van der Waals surface area contributed by atoms with Crippen LogP contribution in [0.1, 0.15) is 20.3 Å². The minimum Gasteiger partial charge on any atom is -0.248 e. The van der Waals surface area contributed by atoms with E-state index in [1.54, 1.807) is 6.92 Å². The molecule has 0 bridgehead atoms. The number of rotatable bonds is 3. The van der Waals surface area contributed by atoms with E-state index < -0.39 is 17.9 Å². The van der Waals surface area contributed by atoms with Gasteiger partial charge in [-0.1, -0.05) is 13.0 Å². The van der Waals surface area contributed by atoms with Crippen LogP contribution >= 0.6 is 0 Å². The van der Waals surface area contributed by atoms with Crippen molar-refractivity contribution in [1.82, 2.24) is 0 Å². The summed E-state index contributed by atoms with van der Waals surface area (Å²) in [6.45, 7) is 6.40. The maximum absolute atomic E-state index is 10.9. The summed E-state index contributed by atoms with van der Waals surface area (Å²) in [5, 5.41) is 0. The third-order valence-corrected chi connectivity index (χ3v) is 1.27. The molecule has 0 aromatic heterocycles. The Balaban J connectivity index is 3.85. The zero-order valence-electron chi connectivity index (χ0n) is 7.20. The van der Waals surface area contributed by atoms with E-state index in [1.807, 2.05) is 0 Å². The fraction of sp³-hybridized carbons (Fsp3) is 0.500. The minimum absolute atomic E-state index is 0.413. The Hall–Kier alpha value is -1.32. The Labute approximate surface area is 71.1 Å². The molecular formula is C8H12O4. The van der Waals surface area contributed by atoms with Crippen LogP contribution in [-0.4, -0.2) is 11.9 Å². The third kappa shape index (κ3) is 3.75. The van der Waals surface area contributed by atoms with Gasteiger partial charge < -0.3 is 0 Å². The molecule has 1 unspecified atom stereocenters. The highest BCUT2D eigenvalue weighted by atomic mass is 17.2. The predicted molar refractivity (Wildman–Crippen MR) is 41.8 cm³/mol. The fourth-order valence-electron chi connectivity index (χ4n) is 0.591. The van der Waals surface area contributed by atoms with E-state index in [9.17, 15) is 9.59 Å². The quantitative estimate of drug-likeness (QED) is 0.365. The van der Waals surface area contributed by atoms with Crippen LogP contribution < -0.4 is 0 Å². The second-order valence-electron chi connectivity index (χ2n) is 2.23. The topological polar surface area (TPSA) is 52.6 Å². The van der Waals surface area contributed by atoms with Crippen molar-refractivity contribution in [2.45, 2.75) is 20.3 Å². The highest BCUT2D eigenvalue weighted by Gasteiger charge is 2.16. The van der Waals surface area contributed by atoms with E-state index in [0.29, 0.717) is 6.42 Å². The smallest absolute Gasteiger partial charge is 0.248 e. The summed E-state index contributed by atoms with van der Waals surface area (Å²) in [6.07, 6.45) is 2.02. The molecule has 0 fully saturated rings. The van der Waals surface area contributed by atoms with Gasteiger partial charge in [0.2, 0.25) is 0 Å². The summed E-state index contributed by atoms with van der Waals surface area (Å²) in [4.78, 5) is 29.4. The van der Waals surface area contributed by atoms with E-state index in [2.05, 4.69) is 16.4 Å². The van der Waals surface area contributed by atoms with Crippen molar-refractivity contribution in [2.75, 3.05) is 0 Å². The van der Waals surface area contributed by atoms with E-state index in [4.69, 9.17) is 0 Å². The Bertz CT molecular complexity index is 185. The molecule has 0 aromatic rings. The van der Waals surface area contributed by atoms with Gasteiger partial charge >= 0.3 is 11.9 Å². The maximum atomic E-state index is 10.9. The van der Waals surface area contributed by atoms with E-state index in [-0.39, 0.29) is 0 Å². The van der Waals surface area contributed by atoms with Gasteiger partial charge in [0.25, 0.3) is 0 Å². The summed E-state index contributed by atoms with van der Waals surface area (Å²) in [5.41, 5.74) is 0. The number of hydrogen-bond donors (Lipinski definition) is 0. The fourth-order valence-corrected chi connectivity index (χ4v) is 0.591. The average molecular weight is 172 g/mol. The van der Waals surface area contributed by atoms with Crippen LogP contribution in [0.4, 0.5) is 0 Å². The SMILES string of the molecule is C=CC(CC)C(=O)OOC(C)=O. The van der Waals surface area contributed by atoms with Gasteiger partial charge in [0.15, 0.2) is 0 Å². The zero-order valence-corrected chi connectivity index (χ0v) is 7.20. The summed E-state index contributed by atoms with van der Waals surface area (Å²) in [7, 11) is 0. The Morgan fingerprint density at radius 1 is 1.50 bits per heavy atom. The first-order chi connectivity index (χ1) is 5.61. The molecule has 0 aliphatic carbocycles. The van der Waals surface area contributed by atoms with E-state index in [1.165, 1.54) is 6.08 Å². The highest BCUT2D eigenvalue weighted by molar-refractivity contribution is 5.75. The van der Waals surface area contributed by atoms with Crippen LogP contribution in [0.3, 0.4) is 0 Å². The van der Waals surface area contributed by atoms with Gasteiger partial charge in [0.05, 0.1) is 5.92 Å². The van der Waals surface area contributed by atoms with Crippen molar-refractivity contribution in [3.8, 4) is 0 Å². The lowest BCUT2D eigenvalue weighted by molar-refractivity contribution is -0.259. The average Bonchev–Trinajstić information content (AvgIpc) is 2.03. The second kappa shape index (κ2) is 5.35. The molecule has 0 rings (SSSR count). The molecule has 1 atom stereocenters. The minimum atomic E-state index is -0.651. The van der Waals surface area contributed by atoms with Crippen LogP contribution in [0, 0.1) is 5.92 Å². The maximum Gasteiger partial charge on any atom is 0.362 e. The Kier molecular flexibility index (Phi) is 4.76. The van der Waals surface area contributed by atoms with Crippen molar-refractivity contribution >= 4 is 11.9 Å². The van der Waals surface area contributed by atoms with Crippen LogP contribution in [0.25, 0.3) is 0 Å². The molecule has 12 heavy (non-hydrogen) atoms. The Morgan fingerprint density at radius 3 is 2.42 bits per heavy atom. The molecule has 0 N–H and O–H groups in total. The molecule has 0 radical (unpaired) electrons. The lowest BCUT2D eigenvalue weighted by atomic mass is 10.1. The Morgan fingerprint density at radius 2 is 2.08 bits per heavy atom. The molecule has 4 nitrogen and oxygen atoms in total. The molecule has 0 aliphatic rings. The second-order valence-corrected chi connectivity index (χ2v) is 2.23. The molecule has 0 spiro atoms. The van der Waals surface area contributed by atoms with Gasteiger partial charge in [-0.2, -0.15) is 0 Å². The van der Waals surface area contributed by atoms with Gasteiger partial charge in [-0.3, -0.25) is 0 Å². The molecule has 0 amide bonds. The van der Waals surface area contributed by atoms with Gasteiger partial charge in [0, 0.05) is 6.92 Å². The van der Waals surface area contributed by atoms with E-state index in [0.717, 1.165) is 6.92 Å². The van der Waals surface area contributed by atoms with Crippen molar-refractivity contribution < 1.29 is 19.4 Å². The lowest BCUT2D eigenvalue weighted by Gasteiger charge is -2.05. The first kappa shape index (κ1) is 10.7. The lowest BCUT2D eigenvalue weighted by Crippen LogP contribution is -2.16. The summed E-state index contributed by atoms with van der Waals surface area (Å²) in [5.74, 6) is -1.66. The standard InChI is InChI=1S/C8H12O4/c1-4-7(5-2)8(10)12-11-6(3)9/h4,7H,1,5H2,2-3H3. The zero-order chi connectivity index (χ0) is 9.56. The highest BCUT2D eigenvalue weighted by Crippen LogP contribution is 2.05. The predicted octanol–water partition coefficient (Wildman–Crippen LogP) is 1.22.